The molecule has 0 unspecified atom stereocenters. The van der Waals surface area contributed by atoms with Crippen molar-refractivity contribution in [3.63, 3.8) is 0 Å². The molecule has 14 heavy (non-hydrogen) atoms. The van der Waals surface area contributed by atoms with Crippen LogP contribution in [-0.4, -0.2) is 12.9 Å². The molecule has 2 aromatic rings. The lowest BCUT2D eigenvalue weighted by molar-refractivity contribution is 0.102. The minimum atomic E-state index is 0.105. The summed E-state index contributed by atoms with van der Waals surface area (Å²) in [5.74, 6) is 0.930. The van der Waals surface area contributed by atoms with Gasteiger partial charge in [-0.15, -0.1) is 11.3 Å². The van der Waals surface area contributed by atoms with Gasteiger partial charge in [0.2, 0.25) is 0 Å². The van der Waals surface area contributed by atoms with Crippen molar-refractivity contribution in [2.45, 2.75) is 6.92 Å². The Morgan fingerprint density at radius 2 is 2.21 bits per heavy atom. The van der Waals surface area contributed by atoms with Crippen LogP contribution in [0.15, 0.2) is 24.3 Å². The van der Waals surface area contributed by atoms with Gasteiger partial charge < -0.3 is 4.74 Å². The first kappa shape index (κ1) is 9.21. The van der Waals surface area contributed by atoms with Gasteiger partial charge in [0.15, 0.2) is 5.78 Å². The van der Waals surface area contributed by atoms with Crippen molar-refractivity contribution in [1.82, 2.24) is 0 Å². The van der Waals surface area contributed by atoms with Gasteiger partial charge in [-0.05, 0) is 25.1 Å². The topological polar surface area (TPSA) is 26.3 Å². The standard InChI is InChI=1S/C11H10O2S/c1-7(12)11-6-8-9(13-2)4-3-5-10(8)14-11/h3-6H,1-2H3. The molecule has 3 heteroatoms. The van der Waals surface area contributed by atoms with Crippen molar-refractivity contribution >= 4 is 27.2 Å². The lowest BCUT2D eigenvalue weighted by Gasteiger charge is -1.99. The Kier molecular flexibility index (Phi) is 2.25. The largest absolute Gasteiger partial charge is 0.496 e. The van der Waals surface area contributed by atoms with E-state index in [1.807, 2.05) is 24.3 Å². The first-order chi connectivity index (χ1) is 6.72. The predicted octanol–water partition coefficient (Wildman–Crippen LogP) is 3.11. The summed E-state index contributed by atoms with van der Waals surface area (Å²) in [6, 6.07) is 7.72. The Hall–Kier alpha value is -1.35. The van der Waals surface area contributed by atoms with Gasteiger partial charge in [-0.25, -0.2) is 0 Å². The highest BCUT2D eigenvalue weighted by Crippen LogP contribution is 2.32. The highest BCUT2D eigenvalue weighted by atomic mass is 32.1. The highest BCUT2D eigenvalue weighted by molar-refractivity contribution is 7.20. The molecule has 0 fully saturated rings. The normalized spacial score (nSPS) is 10.4. The molecule has 0 N–H and O–H groups in total. The van der Waals surface area contributed by atoms with Gasteiger partial charge in [-0.3, -0.25) is 4.79 Å². The molecule has 0 aliphatic rings. The van der Waals surface area contributed by atoms with Crippen molar-refractivity contribution in [2.24, 2.45) is 0 Å². The minimum Gasteiger partial charge on any atom is -0.496 e. The van der Waals surface area contributed by atoms with E-state index in [0.717, 1.165) is 20.7 Å². The van der Waals surface area contributed by atoms with Gasteiger partial charge in [0.25, 0.3) is 0 Å². The summed E-state index contributed by atoms with van der Waals surface area (Å²) in [5.41, 5.74) is 0. The maximum absolute atomic E-state index is 11.2. The van der Waals surface area contributed by atoms with Crippen molar-refractivity contribution in [1.29, 1.82) is 0 Å². The third-order valence-electron chi connectivity index (χ3n) is 2.09. The summed E-state index contributed by atoms with van der Waals surface area (Å²) >= 11 is 1.51. The average Bonchev–Trinajstić information content (AvgIpc) is 2.60. The van der Waals surface area contributed by atoms with E-state index in [2.05, 4.69) is 0 Å². The van der Waals surface area contributed by atoms with E-state index in [-0.39, 0.29) is 5.78 Å². The van der Waals surface area contributed by atoms with E-state index >= 15 is 0 Å². The molecule has 72 valence electrons. The summed E-state index contributed by atoms with van der Waals surface area (Å²) in [7, 11) is 1.64. The number of ketones is 1. The zero-order chi connectivity index (χ0) is 10.1. The second-order valence-electron chi connectivity index (χ2n) is 3.04. The van der Waals surface area contributed by atoms with Crippen molar-refractivity contribution < 1.29 is 9.53 Å². The maximum Gasteiger partial charge on any atom is 0.169 e. The fraction of sp³-hybridized carbons (Fsp3) is 0.182. The molecule has 0 spiro atoms. The Morgan fingerprint density at radius 3 is 2.86 bits per heavy atom. The van der Waals surface area contributed by atoms with E-state index in [1.54, 1.807) is 14.0 Å². The van der Waals surface area contributed by atoms with Crippen LogP contribution in [0, 0.1) is 0 Å². The van der Waals surface area contributed by atoms with Crippen molar-refractivity contribution in [2.75, 3.05) is 7.11 Å². The lowest BCUT2D eigenvalue weighted by atomic mass is 10.2. The molecule has 0 bridgehead atoms. The Balaban J connectivity index is 2.70. The first-order valence-corrected chi connectivity index (χ1v) is 5.11. The third kappa shape index (κ3) is 1.40. The number of benzene rings is 1. The summed E-state index contributed by atoms with van der Waals surface area (Å²) in [6.45, 7) is 1.58. The highest BCUT2D eigenvalue weighted by Gasteiger charge is 2.08. The number of thiophene rings is 1. The second kappa shape index (κ2) is 3.42. The molecule has 0 atom stereocenters. The average molecular weight is 206 g/mol. The molecule has 0 aliphatic heterocycles. The molecule has 1 aromatic carbocycles. The number of methoxy groups -OCH3 is 1. The molecule has 0 radical (unpaired) electrons. The van der Waals surface area contributed by atoms with Crippen LogP contribution >= 0.6 is 11.3 Å². The van der Waals surface area contributed by atoms with Crippen LogP contribution in [0.5, 0.6) is 5.75 Å². The van der Waals surface area contributed by atoms with Gasteiger partial charge in [-0.2, -0.15) is 0 Å². The zero-order valence-electron chi connectivity index (χ0n) is 8.03. The SMILES string of the molecule is COc1cccc2sc(C(C)=O)cc12. The predicted molar refractivity (Wildman–Crippen MR) is 58.4 cm³/mol. The number of rotatable bonds is 2. The maximum atomic E-state index is 11.2. The molecule has 0 saturated carbocycles. The number of hydrogen-bond donors (Lipinski definition) is 0. The molecule has 2 rings (SSSR count). The molecule has 1 heterocycles. The first-order valence-electron chi connectivity index (χ1n) is 4.30. The Morgan fingerprint density at radius 1 is 1.43 bits per heavy atom. The van der Waals surface area contributed by atoms with Gasteiger partial charge in [0.1, 0.15) is 5.75 Å². The van der Waals surface area contributed by atoms with E-state index < -0.39 is 0 Å². The molecule has 1 aromatic heterocycles. The van der Waals surface area contributed by atoms with Crippen LogP contribution in [0.25, 0.3) is 10.1 Å². The van der Waals surface area contributed by atoms with E-state index in [9.17, 15) is 4.79 Å². The van der Waals surface area contributed by atoms with Crippen molar-refractivity contribution in [3.8, 4) is 5.75 Å². The number of hydrogen-bond acceptors (Lipinski definition) is 3. The zero-order valence-corrected chi connectivity index (χ0v) is 8.85. The Bertz CT molecular complexity index is 485. The molecular weight excluding hydrogens is 196 g/mol. The van der Waals surface area contributed by atoms with Crippen LogP contribution in [0.2, 0.25) is 0 Å². The van der Waals surface area contributed by atoms with Gasteiger partial charge in [0.05, 0.1) is 12.0 Å². The molecule has 0 amide bonds. The van der Waals surface area contributed by atoms with Crippen LogP contribution in [0.1, 0.15) is 16.6 Å². The molecule has 0 saturated heterocycles. The van der Waals surface area contributed by atoms with E-state index in [1.165, 1.54) is 11.3 Å². The fourth-order valence-corrected chi connectivity index (χ4v) is 2.36. The van der Waals surface area contributed by atoms with Gasteiger partial charge in [0, 0.05) is 10.1 Å². The summed E-state index contributed by atoms with van der Waals surface area (Å²) in [5, 5.41) is 1.02. The number of fused-ring (bicyclic) bond motifs is 1. The monoisotopic (exact) mass is 206 g/mol. The molecule has 0 aliphatic carbocycles. The molecule has 2 nitrogen and oxygen atoms in total. The van der Waals surface area contributed by atoms with Crippen LogP contribution in [-0.2, 0) is 0 Å². The van der Waals surface area contributed by atoms with E-state index in [4.69, 9.17) is 4.74 Å². The quantitative estimate of drug-likeness (QED) is 0.706. The van der Waals surface area contributed by atoms with Crippen LogP contribution in [0.3, 0.4) is 0 Å². The lowest BCUT2D eigenvalue weighted by Crippen LogP contribution is -1.84. The van der Waals surface area contributed by atoms with Gasteiger partial charge >= 0.3 is 0 Å². The van der Waals surface area contributed by atoms with E-state index in [0.29, 0.717) is 0 Å². The molecular formula is C11H10O2S. The minimum absolute atomic E-state index is 0.105. The van der Waals surface area contributed by atoms with Crippen LogP contribution < -0.4 is 4.74 Å². The van der Waals surface area contributed by atoms with Crippen molar-refractivity contribution in [3.05, 3.63) is 29.1 Å². The summed E-state index contributed by atoms with van der Waals surface area (Å²) < 4.78 is 6.31. The number of carbonyl (C=O) groups excluding carboxylic acids is 1. The summed E-state index contributed by atoms with van der Waals surface area (Å²) in [4.78, 5) is 12.0. The third-order valence-corrected chi connectivity index (χ3v) is 3.29. The second-order valence-corrected chi connectivity index (χ2v) is 4.12. The number of Topliss-reactive ketones (excluding diaryl/α,β-unsaturated/α-hetero) is 1. The fourth-order valence-electron chi connectivity index (χ4n) is 1.39. The van der Waals surface area contributed by atoms with Gasteiger partial charge in [-0.1, -0.05) is 6.07 Å². The number of carbonyl (C=O) groups is 1. The van der Waals surface area contributed by atoms with Crippen LogP contribution in [0.4, 0.5) is 0 Å². The smallest absolute Gasteiger partial charge is 0.169 e. The number of ether oxygens (including phenoxy) is 1. The Labute approximate surface area is 86.1 Å². The summed E-state index contributed by atoms with van der Waals surface area (Å²) in [6.07, 6.45) is 0.